The van der Waals surface area contributed by atoms with E-state index in [0.29, 0.717) is 6.54 Å². The van der Waals surface area contributed by atoms with Crippen LogP contribution in [0.15, 0.2) is 59.3 Å². The SMILES string of the molecule is O=C(NCC1(c2ccsc2)CCOCC1)c1cccc2ccccc12. The van der Waals surface area contributed by atoms with Gasteiger partial charge in [0.2, 0.25) is 0 Å². The Morgan fingerprint density at radius 2 is 1.88 bits per heavy atom. The smallest absolute Gasteiger partial charge is 0.251 e. The number of fused-ring (bicyclic) bond motifs is 1. The van der Waals surface area contributed by atoms with Gasteiger partial charge in [-0.3, -0.25) is 4.79 Å². The third-order valence-electron chi connectivity index (χ3n) is 5.21. The molecule has 1 aliphatic rings. The number of thiophene rings is 1. The molecule has 128 valence electrons. The van der Waals surface area contributed by atoms with E-state index in [4.69, 9.17) is 4.74 Å². The largest absolute Gasteiger partial charge is 0.381 e. The maximum atomic E-state index is 12.9. The Balaban J connectivity index is 1.57. The number of benzene rings is 2. The number of ether oxygens (including phenoxy) is 1. The Bertz CT molecular complexity index is 861. The predicted octanol–water partition coefficient (Wildman–Crippen LogP) is 4.38. The van der Waals surface area contributed by atoms with Gasteiger partial charge in [0.25, 0.3) is 5.91 Å². The fraction of sp³-hybridized carbons (Fsp3) is 0.286. The van der Waals surface area contributed by atoms with E-state index in [1.807, 2.05) is 42.5 Å². The maximum Gasteiger partial charge on any atom is 0.251 e. The lowest BCUT2D eigenvalue weighted by molar-refractivity contribution is 0.0488. The molecule has 3 nitrogen and oxygen atoms in total. The van der Waals surface area contributed by atoms with Crippen molar-refractivity contribution in [2.45, 2.75) is 18.3 Å². The van der Waals surface area contributed by atoms with Crippen LogP contribution in [0.3, 0.4) is 0 Å². The van der Waals surface area contributed by atoms with E-state index in [2.05, 4.69) is 22.1 Å². The van der Waals surface area contributed by atoms with Crippen LogP contribution in [-0.2, 0) is 10.2 Å². The molecule has 2 aromatic carbocycles. The number of rotatable bonds is 4. The summed E-state index contributed by atoms with van der Waals surface area (Å²) < 4.78 is 5.56. The van der Waals surface area contributed by atoms with Crippen molar-refractivity contribution in [1.82, 2.24) is 5.32 Å². The fourth-order valence-electron chi connectivity index (χ4n) is 3.66. The van der Waals surface area contributed by atoms with Crippen molar-refractivity contribution in [2.75, 3.05) is 19.8 Å². The van der Waals surface area contributed by atoms with E-state index in [-0.39, 0.29) is 11.3 Å². The Kier molecular flexibility index (Phi) is 4.55. The third-order valence-corrected chi connectivity index (χ3v) is 5.89. The van der Waals surface area contributed by atoms with Crippen LogP contribution in [0, 0.1) is 0 Å². The third kappa shape index (κ3) is 3.20. The second kappa shape index (κ2) is 6.98. The molecule has 0 unspecified atom stereocenters. The van der Waals surface area contributed by atoms with Crippen LogP contribution in [0.25, 0.3) is 10.8 Å². The van der Waals surface area contributed by atoms with Crippen molar-refractivity contribution in [1.29, 1.82) is 0 Å². The standard InChI is InChI=1S/C21H21NO2S/c23-20(19-7-3-5-16-4-1-2-6-18(16)19)22-15-21(9-11-24-12-10-21)17-8-13-25-14-17/h1-8,13-14H,9-12,15H2,(H,22,23). The minimum atomic E-state index is -0.0154. The molecule has 0 saturated carbocycles. The van der Waals surface area contributed by atoms with E-state index in [0.717, 1.165) is 42.4 Å². The van der Waals surface area contributed by atoms with Gasteiger partial charge >= 0.3 is 0 Å². The van der Waals surface area contributed by atoms with Crippen molar-refractivity contribution in [3.05, 3.63) is 70.4 Å². The summed E-state index contributed by atoms with van der Waals surface area (Å²) in [7, 11) is 0. The molecular weight excluding hydrogens is 330 g/mol. The van der Waals surface area contributed by atoms with Gasteiger partial charge in [-0.25, -0.2) is 0 Å². The highest BCUT2D eigenvalue weighted by atomic mass is 32.1. The number of nitrogens with one attached hydrogen (secondary N) is 1. The van der Waals surface area contributed by atoms with Crippen molar-refractivity contribution in [2.24, 2.45) is 0 Å². The molecule has 4 heteroatoms. The number of carbonyl (C=O) groups is 1. The van der Waals surface area contributed by atoms with Crippen LogP contribution in [0.4, 0.5) is 0 Å². The summed E-state index contributed by atoms with van der Waals surface area (Å²) in [5.41, 5.74) is 2.04. The average molecular weight is 351 g/mol. The van der Waals surface area contributed by atoms with E-state index >= 15 is 0 Å². The topological polar surface area (TPSA) is 38.3 Å². The number of amides is 1. The van der Waals surface area contributed by atoms with Crippen molar-refractivity contribution >= 4 is 28.0 Å². The highest BCUT2D eigenvalue weighted by Crippen LogP contribution is 2.35. The quantitative estimate of drug-likeness (QED) is 0.757. The minimum Gasteiger partial charge on any atom is -0.381 e. The van der Waals surface area contributed by atoms with E-state index in [1.54, 1.807) is 11.3 Å². The Labute approximate surface area is 151 Å². The van der Waals surface area contributed by atoms with Gasteiger partial charge in [-0.1, -0.05) is 36.4 Å². The zero-order valence-corrected chi connectivity index (χ0v) is 14.9. The van der Waals surface area contributed by atoms with Crippen LogP contribution in [0.1, 0.15) is 28.8 Å². The molecule has 0 aliphatic carbocycles. The van der Waals surface area contributed by atoms with Crippen LogP contribution in [0.2, 0.25) is 0 Å². The normalized spacial score (nSPS) is 16.6. The molecule has 0 atom stereocenters. The molecule has 3 aromatic rings. The fourth-order valence-corrected chi connectivity index (χ4v) is 4.44. The lowest BCUT2D eigenvalue weighted by Crippen LogP contribution is -2.44. The van der Waals surface area contributed by atoms with E-state index < -0.39 is 0 Å². The van der Waals surface area contributed by atoms with Crippen molar-refractivity contribution < 1.29 is 9.53 Å². The molecule has 4 rings (SSSR count). The van der Waals surface area contributed by atoms with Gasteiger partial charge in [0.15, 0.2) is 0 Å². The van der Waals surface area contributed by atoms with Gasteiger partial charge in [0.1, 0.15) is 0 Å². The summed E-state index contributed by atoms with van der Waals surface area (Å²) in [6.45, 7) is 2.15. The number of hydrogen-bond donors (Lipinski definition) is 1. The molecule has 0 bridgehead atoms. The predicted molar refractivity (Wildman–Crippen MR) is 102 cm³/mol. The molecule has 25 heavy (non-hydrogen) atoms. The lowest BCUT2D eigenvalue weighted by Gasteiger charge is -2.37. The Morgan fingerprint density at radius 1 is 1.08 bits per heavy atom. The van der Waals surface area contributed by atoms with E-state index in [9.17, 15) is 4.79 Å². The maximum absolute atomic E-state index is 12.9. The van der Waals surface area contributed by atoms with E-state index in [1.165, 1.54) is 5.56 Å². The molecule has 1 amide bonds. The molecular formula is C21H21NO2S. The summed E-state index contributed by atoms with van der Waals surface area (Å²) in [5.74, 6) is -0.00195. The molecule has 1 saturated heterocycles. The zero-order chi connectivity index (χ0) is 17.1. The first-order valence-electron chi connectivity index (χ1n) is 8.65. The second-order valence-electron chi connectivity index (χ2n) is 6.61. The number of carbonyl (C=O) groups excluding carboxylic acids is 1. The van der Waals surface area contributed by atoms with Gasteiger partial charge in [-0.2, -0.15) is 11.3 Å². The van der Waals surface area contributed by atoms with Crippen LogP contribution in [0.5, 0.6) is 0 Å². The highest BCUT2D eigenvalue weighted by molar-refractivity contribution is 7.08. The zero-order valence-electron chi connectivity index (χ0n) is 14.0. The molecule has 1 aromatic heterocycles. The molecule has 2 heterocycles. The average Bonchev–Trinajstić information content (AvgIpc) is 3.22. The Hall–Kier alpha value is -2.17. The first-order chi connectivity index (χ1) is 12.3. The van der Waals surface area contributed by atoms with Gasteiger partial charge < -0.3 is 10.1 Å². The molecule has 1 N–H and O–H groups in total. The summed E-state index contributed by atoms with van der Waals surface area (Å²) >= 11 is 1.71. The van der Waals surface area contributed by atoms with Crippen LogP contribution >= 0.6 is 11.3 Å². The molecule has 1 aliphatic heterocycles. The van der Waals surface area contributed by atoms with Gasteiger partial charge in [-0.15, -0.1) is 0 Å². The monoisotopic (exact) mass is 351 g/mol. The Morgan fingerprint density at radius 3 is 2.68 bits per heavy atom. The lowest BCUT2D eigenvalue weighted by atomic mass is 9.75. The molecule has 0 radical (unpaired) electrons. The van der Waals surface area contributed by atoms with Gasteiger partial charge in [0, 0.05) is 30.7 Å². The summed E-state index contributed by atoms with van der Waals surface area (Å²) in [6.07, 6.45) is 1.89. The summed E-state index contributed by atoms with van der Waals surface area (Å²) in [6, 6.07) is 16.1. The molecule has 1 fully saturated rings. The second-order valence-corrected chi connectivity index (χ2v) is 7.39. The summed E-state index contributed by atoms with van der Waals surface area (Å²) in [5, 5.41) is 9.60. The van der Waals surface area contributed by atoms with Gasteiger partial charge in [-0.05, 0) is 52.1 Å². The highest BCUT2D eigenvalue weighted by Gasteiger charge is 2.35. The van der Waals surface area contributed by atoms with Crippen molar-refractivity contribution in [3.8, 4) is 0 Å². The van der Waals surface area contributed by atoms with Gasteiger partial charge in [0.05, 0.1) is 0 Å². The van der Waals surface area contributed by atoms with Crippen molar-refractivity contribution in [3.63, 3.8) is 0 Å². The molecule has 0 spiro atoms. The summed E-state index contributed by atoms with van der Waals surface area (Å²) in [4.78, 5) is 12.9. The number of hydrogen-bond acceptors (Lipinski definition) is 3. The minimum absolute atomic E-state index is 0.00195. The van der Waals surface area contributed by atoms with Crippen LogP contribution in [-0.4, -0.2) is 25.7 Å². The van der Waals surface area contributed by atoms with Crippen LogP contribution < -0.4 is 5.32 Å². The first kappa shape index (κ1) is 16.3. The first-order valence-corrected chi connectivity index (χ1v) is 9.59.